The molecule has 0 aliphatic carbocycles. The van der Waals surface area contributed by atoms with E-state index in [-0.39, 0.29) is 18.4 Å². The third-order valence-corrected chi connectivity index (χ3v) is 3.22. The van der Waals surface area contributed by atoms with Gasteiger partial charge in [-0.2, -0.15) is 0 Å². The van der Waals surface area contributed by atoms with Crippen LogP contribution in [0.25, 0.3) is 0 Å². The number of hydrogen-bond donors (Lipinski definition) is 2. The first-order valence-electron chi connectivity index (χ1n) is 5.11. The van der Waals surface area contributed by atoms with E-state index in [2.05, 4.69) is 21.2 Å². The Morgan fingerprint density at radius 2 is 2.29 bits per heavy atom. The summed E-state index contributed by atoms with van der Waals surface area (Å²) in [6.45, 7) is -0.00232. The van der Waals surface area contributed by atoms with E-state index in [4.69, 9.17) is 5.73 Å². The molecule has 5 nitrogen and oxygen atoms in total. The van der Waals surface area contributed by atoms with E-state index in [0.717, 1.165) is 10.0 Å². The number of nitrogens with two attached hydrogens (primary N) is 1. The summed E-state index contributed by atoms with van der Waals surface area (Å²) in [6, 6.07) is 4.72. The highest BCUT2D eigenvalue weighted by Crippen LogP contribution is 2.35. The van der Waals surface area contributed by atoms with Gasteiger partial charge in [-0.05, 0) is 18.2 Å². The van der Waals surface area contributed by atoms with E-state index in [9.17, 15) is 9.59 Å². The number of carbonyl (C=O) groups excluding carboxylic acids is 2. The van der Waals surface area contributed by atoms with Gasteiger partial charge in [0, 0.05) is 22.8 Å². The molecule has 6 heteroatoms. The quantitative estimate of drug-likeness (QED) is 0.837. The molecule has 0 radical (unpaired) electrons. The Bertz CT molecular complexity index is 490. The number of benzene rings is 1. The number of nitrogens with zero attached hydrogens (tertiary/aromatic N) is 1. The molecule has 2 amide bonds. The van der Waals surface area contributed by atoms with Crippen molar-refractivity contribution in [2.45, 2.75) is 6.04 Å². The van der Waals surface area contributed by atoms with Gasteiger partial charge in [-0.1, -0.05) is 15.9 Å². The first kappa shape index (κ1) is 12.1. The van der Waals surface area contributed by atoms with Crippen molar-refractivity contribution in [1.29, 1.82) is 0 Å². The van der Waals surface area contributed by atoms with Crippen LogP contribution in [0.4, 0.5) is 5.69 Å². The summed E-state index contributed by atoms with van der Waals surface area (Å²) in [4.78, 5) is 24.7. The second-order valence-electron chi connectivity index (χ2n) is 3.78. The highest BCUT2D eigenvalue weighted by molar-refractivity contribution is 9.10. The molecule has 1 aliphatic rings. The van der Waals surface area contributed by atoms with Crippen molar-refractivity contribution in [2.75, 3.05) is 18.5 Å². The summed E-state index contributed by atoms with van der Waals surface area (Å²) < 4.78 is 0.862. The first-order chi connectivity index (χ1) is 8.04. The van der Waals surface area contributed by atoms with Crippen LogP contribution in [0.2, 0.25) is 0 Å². The molecule has 0 saturated heterocycles. The molecule has 1 aliphatic heterocycles. The molecule has 0 saturated carbocycles. The number of fused-ring (bicyclic) bond motifs is 1. The predicted octanol–water partition coefficient (Wildman–Crippen LogP) is 0.541. The second-order valence-corrected chi connectivity index (χ2v) is 4.69. The molecular formula is C11H12BrN3O2. The van der Waals surface area contributed by atoms with E-state index >= 15 is 0 Å². The molecule has 0 aromatic heterocycles. The zero-order valence-corrected chi connectivity index (χ0v) is 10.8. The molecule has 3 N–H and O–H groups in total. The molecular weight excluding hydrogens is 286 g/mol. The minimum atomic E-state index is -0.688. The van der Waals surface area contributed by atoms with E-state index in [1.165, 1.54) is 11.9 Å². The fraction of sp³-hybridized carbons (Fsp3) is 0.273. The lowest BCUT2D eigenvalue weighted by molar-refractivity contribution is -0.123. The number of amides is 2. The Kier molecular flexibility index (Phi) is 3.17. The van der Waals surface area contributed by atoms with E-state index in [0.29, 0.717) is 5.69 Å². The van der Waals surface area contributed by atoms with Crippen molar-refractivity contribution in [3.8, 4) is 0 Å². The Morgan fingerprint density at radius 1 is 1.59 bits per heavy atom. The Morgan fingerprint density at radius 3 is 2.94 bits per heavy atom. The molecule has 0 spiro atoms. The number of nitrogens with one attached hydrogen (secondary N) is 1. The normalized spacial score (nSPS) is 18.2. The Balaban J connectivity index is 2.38. The number of rotatable bonds is 2. The average molecular weight is 298 g/mol. The topological polar surface area (TPSA) is 75.4 Å². The monoisotopic (exact) mass is 297 g/mol. The maximum atomic E-state index is 11.9. The average Bonchev–Trinajstić information content (AvgIpc) is 2.54. The van der Waals surface area contributed by atoms with Gasteiger partial charge >= 0.3 is 0 Å². The zero-order chi connectivity index (χ0) is 12.6. The number of halogens is 1. The van der Waals surface area contributed by atoms with Crippen LogP contribution in [0.5, 0.6) is 0 Å². The summed E-state index contributed by atoms with van der Waals surface area (Å²) >= 11 is 3.33. The lowest BCUT2D eigenvalue weighted by atomic mass is 10.1. The zero-order valence-electron chi connectivity index (χ0n) is 9.24. The van der Waals surface area contributed by atoms with Crippen LogP contribution in [0.3, 0.4) is 0 Å². The largest absolute Gasteiger partial charge is 0.358 e. The molecule has 17 heavy (non-hydrogen) atoms. The fourth-order valence-corrected chi connectivity index (χ4v) is 2.20. The van der Waals surface area contributed by atoms with Gasteiger partial charge in [-0.3, -0.25) is 9.59 Å². The van der Waals surface area contributed by atoms with Crippen LogP contribution in [0, 0.1) is 0 Å². The summed E-state index contributed by atoms with van der Waals surface area (Å²) in [7, 11) is 1.53. The molecule has 1 aromatic rings. The lowest BCUT2D eigenvalue weighted by Crippen LogP contribution is -2.39. The van der Waals surface area contributed by atoms with Gasteiger partial charge in [0.1, 0.15) is 12.6 Å². The number of anilines is 1. The third-order valence-electron chi connectivity index (χ3n) is 2.73. The van der Waals surface area contributed by atoms with Crippen molar-refractivity contribution in [3.05, 3.63) is 28.2 Å². The molecule has 0 bridgehead atoms. The summed E-state index contributed by atoms with van der Waals surface area (Å²) in [5.41, 5.74) is 7.27. The van der Waals surface area contributed by atoms with Crippen LogP contribution < -0.4 is 16.0 Å². The molecule has 1 aromatic carbocycles. The second kappa shape index (κ2) is 4.46. The van der Waals surface area contributed by atoms with Gasteiger partial charge in [0.25, 0.3) is 0 Å². The maximum Gasteiger partial charge on any atom is 0.249 e. The van der Waals surface area contributed by atoms with E-state index in [1.807, 2.05) is 12.1 Å². The Labute approximate surface area is 107 Å². The molecule has 1 atom stereocenters. The van der Waals surface area contributed by atoms with Gasteiger partial charge in [-0.15, -0.1) is 0 Å². The number of likely N-dealkylation sites (N-methyl/N-ethyl adjacent to an activating group) is 1. The lowest BCUT2D eigenvalue weighted by Gasteiger charge is -2.16. The van der Waals surface area contributed by atoms with Gasteiger partial charge in [0.05, 0.1) is 0 Å². The summed E-state index contributed by atoms with van der Waals surface area (Å²) in [6.07, 6.45) is 0. The fourth-order valence-electron chi connectivity index (χ4n) is 1.83. The molecule has 2 rings (SSSR count). The molecule has 0 fully saturated rings. The van der Waals surface area contributed by atoms with E-state index in [1.54, 1.807) is 6.07 Å². The van der Waals surface area contributed by atoms with Gasteiger partial charge < -0.3 is 16.0 Å². The van der Waals surface area contributed by atoms with Crippen LogP contribution in [0.1, 0.15) is 11.6 Å². The van der Waals surface area contributed by atoms with Crippen molar-refractivity contribution >= 4 is 33.4 Å². The molecule has 1 heterocycles. The first-order valence-corrected chi connectivity index (χ1v) is 5.91. The van der Waals surface area contributed by atoms with Gasteiger partial charge in [0.15, 0.2) is 0 Å². The number of hydrogen-bond acceptors (Lipinski definition) is 3. The van der Waals surface area contributed by atoms with Gasteiger partial charge in [-0.25, -0.2) is 0 Å². The summed E-state index contributed by atoms with van der Waals surface area (Å²) in [5.74, 6) is -0.469. The SMILES string of the molecule is CNC(=O)CN1C(=O)C(N)c2cc(Br)ccc21. The van der Waals surface area contributed by atoms with Gasteiger partial charge in [0.2, 0.25) is 11.8 Å². The highest BCUT2D eigenvalue weighted by atomic mass is 79.9. The standard InChI is InChI=1S/C11H12BrN3O2/c1-14-9(16)5-15-8-3-2-6(12)4-7(8)10(13)11(15)17/h2-4,10H,5,13H2,1H3,(H,14,16). The summed E-state index contributed by atoms with van der Waals surface area (Å²) in [5, 5.41) is 2.49. The van der Waals surface area contributed by atoms with Crippen molar-refractivity contribution in [3.63, 3.8) is 0 Å². The van der Waals surface area contributed by atoms with Crippen LogP contribution in [0.15, 0.2) is 22.7 Å². The van der Waals surface area contributed by atoms with E-state index < -0.39 is 6.04 Å². The van der Waals surface area contributed by atoms with Crippen LogP contribution in [-0.2, 0) is 9.59 Å². The number of carbonyl (C=O) groups is 2. The third kappa shape index (κ3) is 2.05. The molecule has 1 unspecified atom stereocenters. The van der Waals surface area contributed by atoms with Crippen molar-refractivity contribution in [1.82, 2.24) is 5.32 Å². The predicted molar refractivity (Wildman–Crippen MR) is 67.5 cm³/mol. The maximum absolute atomic E-state index is 11.9. The molecule has 90 valence electrons. The van der Waals surface area contributed by atoms with Crippen LogP contribution >= 0.6 is 15.9 Å². The van der Waals surface area contributed by atoms with Crippen LogP contribution in [-0.4, -0.2) is 25.4 Å². The minimum absolute atomic E-state index is 0.00232. The highest BCUT2D eigenvalue weighted by Gasteiger charge is 2.35. The smallest absolute Gasteiger partial charge is 0.249 e. The van der Waals surface area contributed by atoms with Crippen molar-refractivity contribution < 1.29 is 9.59 Å². The van der Waals surface area contributed by atoms with Crippen molar-refractivity contribution in [2.24, 2.45) is 5.73 Å². The minimum Gasteiger partial charge on any atom is -0.358 e. The Hall–Kier alpha value is -1.40.